The fraction of sp³-hybridized carbons (Fsp3) is 0.882. The molecule has 5 nitrogen and oxygen atoms in total. The van der Waals surface area contributed by atoms with Gasteiger partial charge in [0.15, 0.2) is 14.1 Å². The van der Waals surface area contributed by atoms with Crippen LogP contribution in [0.3, 0.4) is 0 Å². The van der Waals surface area contributed by atoms with Crippen molar-refractivity contribution in [3.05, 3.63) is 0 Å². The van der Waals surface area contributed by atoms with Crippen molar-refractivity contribution in [2.24, 2.45) is 0 Å². The van der Waals surface area contributed by atoms with Crippen LogP contribution >= 0.6 is 0 Å². The number of rotatable bonds is 3. The third kappa shape index (κ3) is 5.31. The highest BCUT2D eigenvalue weighted by Crippen LogP contribution is 2.39. The van der Waals surface area contributed by atoms with E-state index in [2.05, 4.69) is 33.9 Å². The van der Waals surface area contributed by atoms with Gasteiger partial charge in [-0.3, -0.25) is 9.69 Å². The van der Waals surface area contributed by atoms with Crippen LogP contribution in [0.15, 0.2) is 0 Å². The van der Waals surface area contributed by atoms with E-state index < -0.39 is 26.1 Å². The van der Waals surface area contributed by atoms with Crippen molar-refractivity contribution in [1.82, 2.24) is 4.90 Å². The molecule has 2 atom stereocenters. The predicted octanol–water partition coefficient (Wildman–Crippen LogP) is 3.98. The number of Topliss-reactive ketones (excluding diaryl/α,β-unsaturated/α-hetero) is 1. The molecule has 0 saturated carbocycles. The van der Waals surface area contributed by atoms with Crippen LogP contribution in [-0.4, -0.2) is 49.4 Å². The number of carbonyl (C=O) groups is 2. The Kier molecular flexibility index (Phi) is 5.74. The molecule has 0 bridgehead atoms. The summed E-state index contributed by atoms with van der Waals surface area (Å²) < 4.78 is 11.8. The van der Waals surface area contributed by atoms with Crippen molar-refractivity contribution in [3.8, 4) is 0 Å². The zero-order chi connectivity index (χ0) is 18.2. The molecule has 1 amide bonds. The number of nitrogens with zero attached hydrogens (tertiary/aromatic N) is 1. The average Bonchev–Trinajstić information content (AvgIpc) is 2.68. The Bertz CT molecular complexity index is 462. The second-order valence-corrected chi connectivity index (χ2v) is 13.8. The molecule has 6 heteroatoms. The lowest BCUT2D eigenvalue weighted by molar-refractivity contribution is -0.121. The maximum atomic E-state index is 12.4. The molecule has 0 aliphatic carbocycles. The molecule has 1 rings (SSSR count). The third-order valence-electron chi connectivity index (χ3n) is 4.63. The van der Waals surface area contributed by atoms with Gasteiger partial charge in [-0.25, -0.2) is 4.79 Å². The molecule has 0 radical (unpaired) electrons. The SMILES string of the molecule is CC(=O)[C@@H]1CC(O[Si](C)(C)C(C)(C)C)CN1C(=O)OC(C)(C)C. The lowest BCUT2D eigenvalue weighted by Crippen LogP contribution is -2.45. The van der Waals surface area contributed by atoms with E-state index in [0.29, 0.717) is 13.0 Å². The number of ether oxygens (including phenoxy) is 1. The van der Waals surface area contributed by atoms with Crippen molar-refractivity contribution in [1.29, 1.82) is 0 Å². The van der Waals surface area contributed by atoms with Gasteiger partial charge in [0, 0.05) is 13.0 Å². The van der Waals surface area contributed by atoms with Crippen LogP contribution in [0.4, 0.5) is 4.79 Å². The first-order valence-corrected chi connectivity index (χ1v) is 11.2. The van der Waals surface area contributed by atoms with E-state index in [0.717, 1.165) is 0 Å². The standard InChI is InChI=1S/C17H33NO4Si/c1-12(19)14-10-13(22-23(8,9)17(5,6)7)11-18(14)15(20)21-16(2,3)4/h13-14H,10-11H2,1-9H3/t13?,14-/m0/s1. The van der Waals surface area contributed by atoms with E-state index in [4.69, 9.17) is 9.16 Å². The summed E-state index contributed by atoms with van der Waals surface area (Å²) in [6.45, 7) is 18.3. The number of amides is 1. The van der Waals surface area contributed by atoms with Crippen LogP contribution in [0.5, 0.6) is 0 Å². The van der Waals surface area contributed by atoms with Gasteiger partial charge in [-0.15, -0.1) is 0 Å². The van der Waals surface area contributed by atoms with Gasteiger partial charge in [-0.2, -0.15) is 0 Å². The fourth-order valence-corrected chi connectivity index (χ4v) is 3.74. The number of ketones is 1. The summed E-state index contributed by atoms with van der Waals surface area (Å²) in [6, 6.07) is -0.445. The van der Waals surface area contributed by atoms with Gasteiger partial charge in [0.25, 0.3) is 0 Å². The van der Waals surface area contributed by atoms with Crippen LogP contribution in [0.2, 0.25) is 18.1 Å². The fourth-order valence-electron chi connectivity index (χ4n) is 2.38. The van der Waals surface area contributed by atoms with Crippen molar-refractivity contribution >= 4 is 20.2 Å². The van der Waals surface area contributed by atoms with Gasteiger partial charge >= 0.3 is 6.09 Å². The van der Waals surface area contributed by atoms with Gasteiger partial charge in [0.2, 0.25) is 0 Å². The number of carbonyl (C=O) groups excluding carboxylic acids is 2. The molecule has 0 N–H and O–H groups in total. The second-order valence-electron chi connectivity index (χ2n) is 9.00. The van der Waals surface area contributed by atoms with Gasteiger partial charge in [-0.1, -0.05) is 20.8 Å². The van der Waals surface area contributed by atoms with Gasteiger partial charge in [0.05, 0.1) is 12.1 Å². The molecule has 1 fully saturated rings. The van der Waals surface area contributed by atoms with Crippen LogP contribution in [0.1, 0.15) is 54.9 Å². The van der Waals surface area contributed by atoms with E-state index in [1.807, 2.05) is 20.8 Å². The largest absolute Gasteiger partial charge is 0.444 e. The molecule has 0 aromatic heterocycles. The maximum Gasteiger partial charge on any atom is 0.410 e. The molecule has 1 aliphatic rings. The van der Waals surface area contributed by atoms with Crippen LogP contribution < -0.4 is 0 Å². The average molecular weight is 344 g/mol. The van der Waals surface area contributed by atoms with Crippen LogP contribution in [-0.2, 0) is 14.0 Å². The third-order valence-corrected chi connectivity index (χ3v) is 9.16. The van der Waals surface area contributed by atoms with Gasteiger partial charge < -0.3 is 9.16 Å². The number of hydrogen-bond donors (Lipinski definition) is 0. The summed E-state index contributed by atoms with van der Waals surface area (Å²) in [7, 11) is -1.94. The summed E-state index contributed by atoms with van der Waals surface area (Å²) in [5.41, 5.74) is -0.573. The minimum absolute atomic E-state index is 0.0165. The molecule has 134 valence electrons. The Morgan fingerprint density at radius 3 is 2.00 bits per heavy atom. The highest BCUT2D eigenvalue weighted by molar-refractivity contribution is 6.74. The zero-order valence-electron chi connectivity index (χ0n) is 16.1. The van der Waals surface area contributed by atoms with E-state index in [1.54, 1.807) is 0 Å². The normalized spacial score (nSPS) is 23.1. The van der Waals surface area contributed by atoms with Crippen LogP contribution in [0, 0.1) is 0 Å². The minimum Gasteiger partial charge on any atom is -0.444 e. The predicted molar refractivity (Wildman–Crippen MR) is 94.1 cm³/mol. The highest BCUT2D eigenvalue weighted by Gasteiger charge is 2.45. The first-order chi connectivity index (χ1) is 10.1. The first-order valence-electron chi connectivity index (χ1n) is 8.32. The lowest BCUT2D eigenvalue weighted by Gasteiger charge is -2.38. The zero-order valence-corrected chi connectivity index (χ0v) is 17.1. The monoisotopic (exact) mass is 343 g/mol. The van der Waals surface area contributed by atoms with Crippen molar-refractivity contribution in [2.45, 2.75) is 90.8 Å². The summed E-state index contributed by atoms with van der Waals surface area (Å²) in [5, 5.41) is 0.0953. The van der Waals surface area contributed by atoms with Crippen molar-refractivity contribution in [3.63, 3.8) is 0 Å². The van der Waals surface area contributed by atoms with Gasteiger partial charge in [-0.05, 0) is 45.8 Å². The number of hydrogen-bond acceptors (Lipinski definition) is 4. The molecule has 0 aromatic rings. The molecular formula is C17H33NO4Si. The Balaban J connectivity index is 2.87. The van der Waals surface area contributed by atoms with Crippen molar-refractivity contribution in [2.75, 3.05) is 6.54 Å². The summed E-state index contributed by atoms with van der Waals surface area (Å²) in [6.07, 6.45) is 0.0255. The van der Waals surface area contributed by atoms with Crippen molar-refractivity contribution < 1.29 is 18.8 Å². The molecular weight excluding hydrogens is 310 g/mol. The van der Waals surface area contributed by atoms with E-state index in [9.17, 15) is 9.59 Å². The van der Waals surface area contributed by atoms with E-state index >= 15 is 0 Å². The lowest BCUT2D eigenvalue weighted by atomic mass is 10.1. The topological polar surface area (TPSA) is 55.8 Å². The molecule has 0 spiro atoms. The highest BCUT2D eigenvalue weighted by atomic mass is 28.4. The maximum absolute atomic E-state index is 12.4. The first kappa shape index (κ1) is 20.2. The molecule has 1 unspecified atom stereocenters. The Labute approximate surface area is 141 Å². The Hall–Kier alpha value is -0.883. The minimum atomic E-state index is -1.94. The van der Waals surface area contributed by atoms with Crippen LogP contribution in [0.25, 0.3) is 0 Å². The van der Waals surface area contributed by atoms with E-state index in [1.165, 1.54) is 11.8 Å². The smallest absolute Gasteiger partial charge is 0.410 e. The van der Waals surface area contributed by atoms with E-state index in [-0.39, 0.29) is 16.9 Å². The van der Waals surface area contributed by atoms with Gasteiger partial charge in [0.1, 0.15) is 5.60 Å². The quantitative estimate of drug-likeness (QED) is 0.727. The number of likely N-dealkylation sites (tertiary alicyclic amines) is 1. The molecule has 1 heterocycles. The molecule has 23 heavy (non-hydrogen) atoms. The summed E-state index contributed by atoms with van der Waals surface area (Å²) in [5.74, 6) is -0.0165. The Morgan fingerprint density at radius 1 is 1.09 bits per heavy atom. The molecule has 0 aromatic carbocycles. The molecule has 1 aliphatic heterocycles. The second kappa shape index (κ2) is 6.55. The molecule has 1 saturated heterocycles. The summed E-state index contributed by atoms with van der Waals surface area (Å²) in [4.78, 5) is 25.9. The Morgan fingerprint density at radius 2 is 1.61 bits per heavy atom. The summed E-state index contributed by atoms with van der Waals surface area (Å²) >= 11 is 0.